The molecule has 2 aromatic rings. The first-order valence-electron chi connectivity index (χ1n) is 6.37. The Morgan fingerprint density at radius 3 is 2.62 bits per heavy atom. The molecule has 0 aromatic heterocycles. The number of halogens is 2. The average Bonchev–Trinajstić information content (AvgIpc) is 2.44. The van der Waals surface area contributed by atoms with Crippen molar-refractivity contribution < 1.29 is 13.9 Å². The highest BCUT2D eigenvalue weighted by Crippen LogP contribution is 2.33. The summed E-state index contributed by atoms with van der Waals surface area (Å²) in [6.45, 7) is 2.15. The molecule has 0 bridgehead atoms. The number of ether oxygens (including phenoxy) is 2. The van der Waals surface area contributed by atoms with Gasteiger partial charge in [0.05, 0.1) is 30.1 Å². The summed E-state index contributed by atoms with van der Waals surface area (Å²) in [6.07, 6.45) is 0. The van der Waals surface area contributed by atoms with Gasteiger partial charge in [0.1, 0.15) is 5.75 Å². The Labute approximate surface area is 127 Å². The number of nitrogens with one attached hydrogen (secondary N) is 1. The third-order valence-corrected chi connectivity index (χ3v) is 3.13. The molecule has 0 saturated heterocycles. The smallest absolute Gasteiger partial charge is 0.167 e. The summed E-state index contributed by atoms with van der Waals surface area (Å²) in [6, 6.07) is 7.95. The number of nitrogens with two attached hydrogens (primary N) is 1. The van der Waals surface area contributed by atoms with E-state index in [2.05, 4.69) is 5.32 Å². The SMILES string of the molecule is CCOc1cc(Nc2ccc(OC)c(Cl)c2)c(N)cc1F. The van der Waals surface area contributed by atoms with Crippen LogP contribution in [0.4, 0.5) is 21.5 Å². The molecule has 112 valence electrons. The molecule has 0 unspecified atom stereocenters. The van der Waals surface area contributed by atoms with Crippen molar-refractivity contribution in [3.63, 3.8) is 0 Å². The van der Waals surface area contributed by atoms with Crippen LogP contribution >= 0.6 is 11.6 Å². The van der Waals surface area contributed by atoms with Gasteiger partial charge in [0.25, 0.3) is 0 Å². The van der Waals surface area contributed by atoms with Crippen molar-refractivity contribution in [1.29, 1.82) is 0 Å². The third-order valence-electron chi connectivity index (χ3n) is 2.83. The second kappa shape index (κ2) is 6.54. The van der Waals surface area contributed by atoms with Crippen LogP contribution in [0.3, 0.4) is 0 Å². The Bertz CT molecular complexity index is 650. The molecule has 21 heavy (non-hydrogen) atoms. The zero-order chi connectivity index (χ0) is 15.4. The summed E-state index contributed by atoms with van der Waals surface area (Å²) >= 11 is 6.06. The molecule has 0 fully saturated rings. The maximum atomic E-state index is 13.6. The Balaban J connectivity index is 2.30. The van der Waals surface area contributed by atoms with Crippen molar-refractivity contribution >= 4 is 28.7 Å². The van der Waals surface area contributed by atoms with Crippen LogP contribution in [0.25, 0.3) is 0 Å². The quantitative estimate of drug-likeness (QED) is 0.812. The van der Waals surface area contributed by atoms with E-state index in [9.17, 15) is 4.39 Å². The van der Waals surface area contributed by atoms with Crippen molar-refractivity contribution in [2.45, 2.75) is 6.92 Å². The van der Waals surface area contributed by atoms with Gasteiger partial charge in [-0.25, -0.2) is 4.39 Å². The largest absolute Gasteiger partial charge is 0.495 e. The molecule has 6 heteroatoms. The van der Waals surface area contributed by atoms with Gasteiger partial charge >= 0.3 is 0 Å². The predicted molar refractivity (Wildman–Crippen MR) is 83.3 cm³/mol. The van der Waals surface area contributed by atoms with Crippen molar-refractivity contribution in [2.75, 3.05) is 24.8 Å². The van der Waals surface area contributed by atoms with E-state index in [1.165, 1.54) is 12.1 Å². The van der Waals surface area contributed by atoms with Gasteiger partial charge in [-0.15, -0.1) is 0 Å². The molecular weight excluding hydrogens is 295 g/mol. The molecule has 0 amide bonds. The zero-order valence-corrected chi connectivity index (χ0v) is 12.5. The fourth-order valence-electron chi connectivity index (χ4n) is 1.84. The molecule has 0 radical (unpaired) electrons. The minimum Gasteiger partial charge on any atom is -0.495 e. The summed E-state index contributed by atoms with van der Waals surface area (Å²) < 4.78 is 23.9. The Morgan fingerprint density at radius 1 is 1.24 bits per heavy atom. The first-order valence-corrected chi connectivity index (χ1v) is 6.75. The van der Waals surface area contributed by atoms with E-state index in [0.717, 1.165) is 0 Å². The van der Waals surface area contributed by atoms with Crippen LogP contribution in [-0.4, -0.2) is 13.7 Å². The first kappa shape index (κ1) is 15.3. The second-order valence-electron chi connectivity index (χ2n) is 4.28. The molecular formula is C15H16ClFN2O2. The number of nitrogen functional groups attached to an aromatic ring is 1. The van der Waals surface area contributed by atoms with Gasteiger partial charge in [0.2, 0.25) is 0 Å². The summed E-state index contributed by atoms with van der Waals surface area (Å²) in [7, 11) is 1.54. The normalized spacial score (nSPS) is 10.3. The topological polar surface area (TPSA) is 56.5 Å². The van der Waals surface area contributed by atoms with E-state index in [4.69, 9.17) is 26.8 Å². The maximum Gasteiger partial charge on any atom is 0.167 e. The van der Waals surface area contributed by atoms with Gasteiger partial charge in [-0.3, -0.25) is 0 Å². The van der Waals surface area contributed by atoms with Crippen LogP contribution in [0, 0.1) is 5.82 Å². The molecule has 0 heterocycles. The number of rotatable bonds is 5. The Hall–Kier alpha value is -2.14. The number of hydrogen-bond acceptors (Lipinski definition) is 4. The van der Waals surface area contributed by atoms with E-state index < -0.39 is 5.82 Å². The van der Waals surface area contributed by atoms with E-state index in [-0.39, 0.29) is 11.4 Å². The minimum atomic E-state index is -0.493. The molecule has 0 aliphatic rings. The highest BCUT2D eigenvalue weighted by molar-refractivity contribution is 6.32. The zero-order valence-electron chi connectivity index (χ0n) is 11.7. The lowest BCUT2D eigenvalue weighted by atomic mass is 10.2. The summed E-state index contributed by atoms with van der Waals surface area (Å²) in [5, 5.41) is 3.54. The second-order valence-corrected chi connectivity index (χ2v) is 4.68. The molecule has 2 rings (SSSR count). The number of benzene rings is 2. The van der Waals surface area contributed by atoms with Crippen LogP contribution in [0.2, 0.25) is 5.02 Å². The molecule has 0 saturated carbocycles. The van der Waals surface area contributed by atoms with Crippen molar-refractivity contribution in [3.8, 4) is 11.5 Å². The molecule has 0 atom stereocenters. The fraction of sp³-hybridized carbons (Fsp3) is 0.200. The fourth-order valence-corrected chi connectivity index (χ4v) is 2.10. The monoisotopic (exact) mass is 310 g/mol. The van der Waals surface area contributed by atoms with Gasteiger partial charge in [-0.2, -0.15) is 0 Å². The van der Waals surface area contributed by atoms with E-state index in [1.54, 1.807) is 32.2 Å². The lowest BCUT2D eigenvalue weighted by molar-refractivity contribution is 0.322. The maximum absolute atomic E-state index is 13.6. The number of hydrogen-bond donors (Lipinski definition) is 2. The first-order chi connectivity index (χ1) is 10.0. The lowest BCUT2D eigenvalue weighted by Gasteiger charge is -2.13. The minimum absolute atomic E-state index is 0.147. The standard InChI is InChI=1S/C15H16ClFN2O2/c1-3-21-15-8-13(12(18)7-11(15)17)19-9-4-5-14(20-2)10(16)6-9/h4-8,19H,3,18H2,1-2H3. The predicted octanol–water partition coefficient (Wildman–Crippen LogP) is 4.21. The van der Waals surface area contributed by atoms with Crippen LogP contribution in [0.15, 0.2) is 30.3 Å². The highest BCUT2D eigenvalue weighted by Gasteiger charge is 2.10. The van der Waals surface area contributed by atoms with E-state index >= 15 is 0 Å². The third kappa shape index (κ3) is 3.49. The van der Waals surface area contributed by atoms with Gasteiger partial charge in [0.15, 0.2) is 11.6 Å². The highest BCUT2D eigenvalue weighted by atomic mass is 35.5. The Morgan fingerprint density at radius 2 is 2.00 bits per heavy atom. The van der Waals surface area contributed by atoms with Gasteiger partial charge in [0, 0.05) is 17.8 Å². The van der Waals surface area contributed by atoms with Crippen molar-refractivity contribution in [3.05, 3.63) is 41.2 Å². The van der Waals surface area contributed by atoms with E-state index in [0.29, 0.717) is 28.8 Å². The van der Waals surface area contributed by atoms with Crippen LogP contribution in [0.5, 0.6) is 11.5 Å². The van der Waals surface area contributed by atoms with Crippen LogP contribution < -0.4 is 20.5 Å². The lowest BCUT2D eigenvalue weighted by Crippen LogP contribution is -2.01. The number of anilines is 3. The summed E-state index contributed by atoms with van der Waals surface area (Å²) in [5.74, 6) is 0.228. The van der Waals surface area contributed by atoms with Crippen LogP contribution in [0.1, 0.15) is 6.92 Å². The number of methoxy groups -OCH3 is 1. The van der Waals surface area contributed by atoms with Crippen molar-refractivity contribution in [1.82, 2.24) is 0 Å². The van der Waals surface area contributed by atoms with Gasteiger partial charge in [-0.1, -0.05) is 11.6 Å². The molecule has 3 N–H and O–H groups in total. The molecule has 2 aromatic carbocycles. The molecule has 0 spiro atoms. The van der Waals surface area contributed by atoms with Crippen molar-refractivity contribution in [2.24, 2.45) is 0 Å². The molecule has 0 aliphatic heterocycles. The summed E-state index contributed by atoms with van der Waals surface area (Å²) in [5.41, 5.74) is 7.35. The Kier molecular flexibility index (Phi) is 4.75. The van der Waals surface area contributed by atoms with Gasteiger partial charge < -0.3 is 20.5 Å². The van der Waals surface area contributed by atoms with Gasteiger partial charge in [-0.05, 0) is 25.1 Å². The molecule has 4 nitrogen and oxygen atoms in total. The van der Waals surface area contributed by atoms with Crippen LogP contribution in [-0.2, 0) is 0 Å². The van der Waals surface area contributed by atoms with E-state index in [1.807, 2.05) is 0 Å². The molecule has 0 aliphatic carbocycles. The summed E-state index contributed by atoms with van der Waals surface area (Å²) in [4.78, 5) is 0. The average molecular weight is 311 g/mol.